The van der Waals surface area contributed by atoms with Gasteiger partial charge in [-0.25, -0.2) is 0 Å². The van der Waals surface area contributed by atoms with E-state index < -0.39 is 6.04 Å². The molecule has 0 unspecified atom stereocenters. The standard InChI is InChI=1S/C15H20N2O4S/c1-20-8-9-21-7-6-16-14(19)12-10-22-15(17-12)11-4-2-3-5-13(11)18/h2-5,12,18H,6-10H2,1H3,(H,16,19)/t12-/m0/s1. The third-order valence-corrected chi connectivity index (χ3v) is 4.15. The molecule has 0 bridgehead atoms. The normalized spacial score (nSPS) is 17.3. The second kappa shape index (κ2) is 8.77. The number of hydrogen-bond donors (Lipinski definition) is 2. The number of benzene rings is 1. The van der Waals surface area contributed by atoms with Crippen molar-refractivity contribution in [3.05, 3.63) is 29.8 Å². The summed E-state index contributed by atoms with van der Waals surface area (Å²) in [5, 5.41) is 13.3. The monoisotopic (exact) mass is 324 g/mol. The lowest BCUT2D eigenvalue weighted by Gasteiger charge is -2.08. The van der Waals surface area contributed by atoms with Crippen molar-refractivity contribution in [2.75, 3.05) is 39.2 Å². The van der Waals surface area contributed by atoms with Crippen molar-refractivity contribution in [2.45, 2.75) is 6.04 Å². The van der Waals surface area contributed by atoms with Crippen LogP contribution in [0.4, 0.5) is 0 Å². The highest BCUT2D eigenvalue weighted by Crippen LogP contribution is 2.28. The van der Waals surface area contributed by atoms with Crippen molar-refractivity contribution < 1.29 is 19.4 Å². The fourth-order valence-electron chi connectivity index (χ4n) is 1.92. The molecule has 1 atom stereocenters. The van der Waals surface area contributed by atoms with Crippen molar-refractivity contribution in [2.24, 2.45) is 4.99 Å². The number of hydrogen-bond acceptors (Lipinski definition) is 6. The second-order valence-electron chi connectivity index (χ2n) is 4.67. The highest BCUT2D eigenvalue weighted by atomic mass is 32.2. The van der Waals surface area contributed by atoms with Crippen LogP contribution in [0.1, 0.15) is 5.56 Å². The number of ether oxygens (including phenoxy) is 2. The summed E-state index contributed by atoms with van der Waals surface area (Å²) in [6.07, 6.45) is 0. The van der Waals surface area contributed by atoms with Gasteiger partial charge in [0.1, 0.15) is 16.8 Å². The van der Waals surface area contributed by atoms with Crippen molar-refractivity contribution in [3.8, 4) is 5.75 Å². The van der Waals surface area contributed by atoms with Crippen molar-refractivity contribution in [1.29, 1.82) is 0 Å². The van der Waals surface area contributed by atoms with Crippen LogP contribution in [0.5, 0.6) is 5.75 Å². The van der Waals surface area contributed by atoms with E-state index in [0.29, 0.717) is 42.7 Å². The molecule has 1 amide bonds. The molecule has 6 nitrogen and oxygen atoms in total. The van der Waals surface area contributed by atoms with E-state index in [0.717, 1.165) is 0 Å². The van der Waals surface area contributed by atoms with Crippen molar-refractivity contribution >= 4 is 22.7 Å². The average molecular weight is 324 g/mol. The molecule has 22 heavy (non-hydrogen) atoms. The highest BCUT2D eigenvalue weighted by molar-refractivity contribution is 8.14. The molecule has 0 spiro atoms. The van der Waals surface area contributed by atoms with Crippen LogP contribution in [-0.4, -0.2) is 61.3 Å². The molecule has 0 aliphatic carbocycles. The Labute approximate surface area is 133 Å². The van der Waals surface area contributed by atoms with Gasteiger partial charge in [0.25, 0.3) is 0 Å². The van der Waals surface area contributed by atoms with E-state index in [1.54, 1.807) is 25.3 Å². The summed E-state index contributed by atoms with van der Waals surface area (Å²) < 4.78 is 10.1. The fourth-order valence-corrected chi connectivity index (χ4v) is 2.99. The summed E-state index contributed by atoms with van der Waals surface area (Å²) in [6, 6.07) is 6.59. The summed E-state index contributed by atoms with van der Waals surface area (Å²) >= 11 is 1.48. The topological polar surface area (TPSA) is 80.2 Å². The van der Waals surface area contributed by atoms with Crippen molar-refractivity contribution in [1.82, 2.24) is 5.32 Å². The van der Waals surface area contributed by atoms with Gasteiger partial charge in [-0.1, -0.05) is 12.1 Å². The summed E-state index contributed by atoms with van der Waals surface area (Å²) in [4.78, 5) is 16.4. The number of nitrogens with zero attached hydrogens (tertiary/aromatic N) is 1. The Morgan fingerprint density at radius 2 is 2.23 bits per heavy atom. The number of thioether (sulfide) groups is 1. The van der Waals surface area contributed by atoms with Crippen LogP contribution >= 0.6 is 11.8 Å². The Hall–Kier alpha value is -1.57. The first-order valence-corrected chi connectivity index (χ1v) is 8.04. The molecule has 2 N–H and O–H groups in total. The number of rotatable bonds is 8. The molecule has 0 saturated carbocycles. The average Bonchev–Trinajstić information content (AvgIpc) is 3.01. The summed E-state index contributed by atoms with van der Waals surface area (Å²) in [5.74, 6) is 0.648. The third kappa shape index (κ3) is 4.72. The molecule has 0 radical (unpaired) electrons. The van der Waals surface area contributed by atoms with Crippen LogP contribution < -0.4 is 5.32 Å². The first kappa shape index (κ1) is 16.8. The molecule has 0 aromatic heterocycles. The number of phenols is 1. The molecule has 2 rings (SSSR count). The van der Waals surface area contributed by atoms with Crippen LogP contribution in [0, 0.1) is 0 Å². The smallest absolute Gasteiger partial charge is 0.245 e. The van der Waals surface area contributed by atoms with Gasteiger partial charge >= 0.3 is 0 Å². The Kier molecular flexibility index (Phi) is 6.70. The number of phenolic OH excluding ortho intramolecular Hbond substituents is 1. The van der Waals surface area contributed by atoms with Crippen LogP contribution in [-0.2, 0) is 14.3 Å². The minimum Gasteiger partial charge on any atom is -0.507 e. The zero-order chi connectivity index (χ0) is 15.8. The minimum atomic E-state index is -0.418. The van der Waals surface area contributed by atoms with Crippen LogP contribution in [0.15, 0.2) is 29.3 Å². The lowest BCUT2D eigenvalue weighted by Crippen LogP contribution is -2.36. The van der Waals surface area contributed by atoms with Gasteiger partial charge in [-0.05, 0) is 12.1 Å². The third-order valence-electron chi connectivity index (χ3n) is 3.07. The molecule has 0 saturated heterocycles. The molecule has 0 fully saturated rings. The van der Waals surface area contributed by atoms with Crippen LogP contribution in [0.3, 0.4) is 0 Å². The number of carbonyl (C=O) groups excluding carboxylic acids is 1. The maximum atomic E-state index is 12.0. The molecular weight excluding hydrogens is 304 g/mol. The van der Waals surface area contributed by atoms with E-state index in [2.05, 4.69) is 10.3 Å². The number of aromatic hydroxyl groups is 1. The second-order valence-corrected chi connectivity index (χ2v) is 5.68. The number of nitrogens with one attached hydrogen (secondary N) is 1. The van der Waals surface area contributed by atoms with Gasteiger partial charge in [0.05, 0.1) is 19.8 Å². The lowest BCUT2D eigenvalue weighted by molar-refractivity contribution is -0.122. The summed E-state index contributed by atoms with van der Waals surface area (Å²) in [5.41, 5.74) is 0.672. The lowest BCUT2D eigenvalue weighted by atomic mass is 10.2. The zero-order valence-electron chi connectivity index (χ0n) is 12.4. The van der Waals surface area contributed by atoms with E-state index in [4.69, 9.17) is 9.47 Å². The van der Waals surface area contributed by atoms with E-state index in [1.165, 1.54) is 11.8 Å². The number of para-hydroxylation sites is 1. The first-order chi connectivity index (χ1) is 10.7. The fraction of sp³-hybridized carbons (Fsp3) is 0.467. The Bertz CT molecular complexity index is 536. The van der Waals surface area contributed by atoms with E-state index in [1.807, 2.05) is 6.07 Å². The van der Waals surface area contributed by atoms with E-state index >= 15 is 0 Å². The van der Waals surface area contributed by atoms with Gasteiger partial charge in [0.15, 0.2) is 0 Å². The van der Waals surface area contributed by atoms with E-state index in [-0.39, 0.29) is 11.7 Å². The number of methoxy groups -OCH3 is 1. The van der Waals surface area contributed by atoms with Gasteiger partial charge < -0.3 is 19.9 Å². The maximum Gasteiger partial charge on any atom is 0.245 e. The quantitative estimate of drug-likeness (QED) is 0.698. The minimum absolute atomic E-state index is 0.117. The van der Waals surface area contributed by atoms with Gasteiger partial charge in [-0.15, -0.1) is 11.8 Å². The van der Waals surface area contributed by atoms with Crippen molar-refractivity contribution in [3.63, 3.8) is 0 Å². The number of aliphatic imine (C=N–C) groups is 1. The van der Waals surface area contributed by atoms with Gasteiger partial charge in [-0.3, -0.25) is 9.79 Å². The van der Waals surface area contributed by atoms with Crippen LogP contribution in [0.2, 0.25) is 0 Å². The summed E-state index contributed by atoms with van der Waals surface area (Å²) in [6.45, 7) is 1.96. The number of carbonyl (C=O) groups is 1. The zero-order valence-corrected chi connectivity index (χ0v) is 13.3. The maximum absolute atomic E-state index is 12.0. The molecule has 1 aliphatic rings. The van der Waals surface area contributed by atoms with Crippen LogP contribution in [0.25, 0.3) is 0 Å². The molecular formula is C15H20N2O4S. The Morgan fingerprint density at radius 3 is 3.00 bits per heavy atom. The Balaban J connectivity index is 1.79. The Morgan fingerprint density at radius 1 is 1.41 bits per heavy atom. The predicted molar refractivity (Wildman–Crippen MR) is 86.6 cm³/mol. The molecule has 1 aromatic carbocycles. The van der Waals surface area contributed by atoms with Gasteiger partial charge in [0.2, 0.25) is 5.91 Å². The molecule has 120 valence electrons. The number of amides is 1. The largest absolute Gasteiger partial charge is 0.507 e. The molecule has 1 aliphatic heterocycles. The van der Waals surface area contributed by atoms with E-state index in [9.17, 15) is 9.90 Å². The molecule has 1 heterocycles. The predicted octanol–water partition coefficient (Wildman–Crippen LogP) is 1.03. The SMILES string of the molecule is COCCOCCNC(=O)[C@@H]1CSC(c2ccccc2O)=N1. The molecule has 7 heteroatoms. The van der Waals surface area contributed by atoms with Gasteiger partial charge in [-0.2, -0.15) is 0 Å². The summed E-state index contributed by atoms with van der Waals surface area (Å²) in [7, 11) is 1.61. The first-order valence-electron chi connectivity index (χ1n) is 7.05. The van der Waals surface area contributed by atoms with Gasteiger partial charge in [0, 0.05) is 25.0 Å². The highest BCUT2D eigenvalue weighted by Gasteiger charge is 2.26. The molecule has 1 aromatic rings.